The summed E-state index contributed by atoms with van der Waals surface area (Å²) in [6, 6.07) is 0. The molecule has 1 saturated heterocycles. The summed E-state index contributed by atoms with van der Waals surface area (Å²) in [5, 5.41) is 3.36. The maximum Gasteiger partial charge on any atom is 0.0587 e. The highest BCUT2D eigenvalue weighted by molar-refractivity contribution is 7.99. The number of hydrogen-bond acceptors (Lipinski definition) is 4. The Kier molecular flexibility index (Phi) is 6.62. The minimum Gasteiger partial charge on any atom is -0.383 e. The van der Waals surface area contributed by atoms with Crippen molar-refractivity contribution < 1.29 is 4.74 Å². The lowest BCUT2D eigenvalue weighted by atomic mass is 10.4. The first kappa shape index (κ1) is 11.3. The van der Waals surface area contributed by atoms with E-state index in [-0.39, 0.29) is 0 Å². The second-order valence-corrected chi connectivity index (χ2v) is 4.42. The van der Waals surface area contributed by atoms with Gasteiger partial charge in [0.05, 0.1) is 6.61 Å². The van der Waals surface area contributed by atoms with Gasteiger partial charge in [-0.3, -0.25) is 0 Å². The van der Waals surface area contributed by atoms with Crippen molar-refractivity contribution in [1.29, 1.82) is 0 Å². The SMILES string of the molecule is COCCNCCN1CCSCC1. The predicted molar refractivity (Wildman–Crippen MR) is 58.5 cm³/mol. The van der Waals surface area contributed by atoms with Crippen molar-refractivity contribution in [2.24, 2.45) is 0 Å². The molecule has 0 aromatic rings. The summed E-state index contributed by atoms with van der Waals surface area (Å²) in [5.74, 6) is 2.61. The van der Waals surface area contributed by atoms with Crippen LogP contribution in [0.3, 0.4) is 0 Å². The third-order valence-electron chi connectivity index (χ3n) is 2.19. The van der Waals surface area contributed by atoms with E-state index in [9.17, 15) is 0 Å². The molecule has 0 spiro atoms. The van der Waals surface area contributed by atoms with Gasteiger partial charge in [-0.25, -0.2) is 0 Å². The molecular weight excluding hydrogens is 184 g/mol. The lowest BCUT2D eigenvalue weighted by Crippen LogP contribution is -2.38. The van der Waals surface area contributed by atoms with Gasteiger partial charge in [0.25, 0.3) is 0 Å². The molecule has 1 N–H and O–H groups in total. The molecule has 13 heavy (non-hydrogen) atoms. The molecule has 1 heterocycles. The summed E-state index contributed by atoms with van der Waals surface area (Å²) >= 11 is 2.06. The number of nitrogens with one attached hydrogen (secondary N) is 1. The molecular formula is C9H20N2OS. The van der Waals surface area contributed by atoms with Gasteiger partial charge in [0.15, 0.2) is 0 Å². The van der Waals surface area contributed by atoms with Gasteiger partial charge in [-0.05, 0) is 0 Å². The lowest BCUT2D eigenvalue weighted by molar-refractivity contribution is 0.197. The molecule has 0 aromatic heterocycles. The molecule has 0 amide bonds. The summed E-state index contributed by atoms with van der Waals surface area (Å²) in [5.41, 5.74) is 0. The zero-order chi connectivity index (χ0) is 9.36. The largest absolute Gasteiger partial charge is 0.383 e. The van der Waals surface area contributed by atoms with E-state index in [1.165, 1.54) is 31.1 Å². The molecule has 1 aliphatic rings. The highest BCUT2D eigenvalue weighted by atomic mass is 32.2. The Bertz CT molecular complexity index is 118. The average molecular weight is 204 g/mol. The van der Waals surface area contributed by atoms with E-state index in [1.807, 2.05) is 0 Å². The van der Waals surface area contributed by atoms with Gasteiger partial charge in [0.1, 0.15) is 0 Å². The second-order valence-electron chi connectivity index (χ2n) is 3.20. The molecule has 1 rings (SSSR count). The summed E-state index contributed by atoms with van der Waals surface area (Å²) < 4.78 is 4.95. The number of thioether (sulfide) groups is 1. The molecule has 1 fully saturated rings. The van der Waals surface area contributed by atoms with Crippen LogP contribution in [0, 0.1) is 0 Å². The van der Waals surface area contributed by atoms with Crippen molar-refractivity contribution in [1.82, 2.24) is 10.2 Å². The van der Waals surface area contributed by atoms with Gasteiger partial charge in [-0.1, -0.05) is 0 Å². The van der Waals surface area contributed by atoms with Gasteiger partial charge in [0.2, 0.25) is 0 Å². The maximum atomic E-state index is 4.95. The first-order chi connectivity index (χ1) is 6.43. The van der Waals surface area contributed by atoms with Gasteiger partial charge in [-0.15, -0.1) is 0 Å². The van der Waals surface area contributed by atoms with Crippen molar-refractivity contribution in [2.45, 2.75) is 0 Å². The zero-order valence-corrected chi connectivity index (χ0v) is 9.24. The van der Waals surface area contributed by atoms with E-state index in [4.69, 9.17) is 4.74 Å². The Hall–Kier alpha value is 0.230. The van der Waals surface area contributed by atoms with Crippen molar-refractivity contribution >= 4 is 11.8 Å². The maximum absolute atomic E-state index is 4.95. The van der Waals surface area contributed by atoms with Gasteiger partial charge in [0, 0.05) is 51.3 Å². The Morgan fingerprint density at radius 1 is 1.31 bits per heavy atom. The fraction of sp³-hybridized carbons (Fsp3) is 1.00. The minimum atomic E-state index is 0.815. The molecule has 3 nitrogen and oxygen atoms in total. The van der Waals surface area contributed by atoms with E-state index in [0.29, 0.717) is 0 Å². The molecule has 4 heteroatoms. The third-order valence-corrected chi connectivity index (χ3v) is 3.13. The van der Waals surface area contributed by atoms with Crippen molar-refractivity contribution in [3.05, 3.63) is 0 Å². The van der Waals surface area contributed by atoms with Crippen LogP contribution in [0.2, 0.25) is 0 Å². The first-order valence-corrected chi connectivity index (χ1v) is 6.08. The van der Waals surface area contributed by atoms with Crippen molar-refractivity contribution in [3.8, 4) is 0 Å². The van der Waals surface area contributed by atoms with Crippen LogP contribution in [-0.2, 0) is 4.74 Å². The minimum absolute atomic E-state index is 0.815. The van der Waals surface area contributed by atoms with Crippen molar-refractivity contribution in [2.75, 3.05) is 57.9 Å². The fourth-order valence-corrected chi connectivity index (χ4v) is 2.34. The van der Waals surface area contributed by atoms with E-state index >= 15 is 0 Å². The molecule has 0 atom stereocenters. The quantitative estimate of drug-likeness (QED) is 0.628. The van der Waals surface area contributed by atoms with Gasteiger partial charge >= 0.3 is 0 Å². The van der Waals surface area contributed by atoms with E-state index in [1.54, 1.807) is 7.11 Å². The van der Waals surface area contributed by atoms with Gasteiger partial charge < -0.3 is 15.0 Å². The van der Waals surface area contributed by atoms with E-state index < -0.39 is 0 Å². The Labute approximate surface area is 85.2 Å². The van der Waals surface area contributed by atoms with E-state index in [0.717, 1.165) is 19.7 Å². The normalized spacial score (nSPS) is 19.2. The van der Waals surface area contributed by atoms with Crippen LogP contribution >= 0.6 is 11.8 Å². The van der Waals surface area contributed by atoms with Crippen LogP contribution in [0.15, 0.2) is 0 Å². The number of hydrogen-bond donors (Lipinski definition) is 1. The molecule has 0 radical (unpaired) electrons. The molecule has 0 saturated carbocycles. The summed E-state index contributed by atoms with van der Waals surface area (Å²) in [7, 11) is 1.74. The monoisotopic (exact) mass is 204 g/mol. The summed E-state index contributed by atoms with van der Waals surface area (Å²) in [6.45, 7) is 6.58. The topological polar surface area (TPSA) is 24.5 Å². The lowest BCUT2D eigenvalue weighted by Gasteiger charge is -2.26. The predicted octanol–water partition coefficient (Wildman–Crippen LogP) is 0.271. The highest BCUT2D eigenvalue weighted by Crippen LogP contribution is 2.07. The standard InChI is InChI=1S/C9H20N2OS/c1-12-7-3-10-2-4-11-5-8-13-9-6-11/h10H,2-9H2,1H3. The number of nitrogens with zero attached hydrogens (tertiary/aromatic N) is 1. The second kappa shape index (κ2) is 7.62. The smallest absolute Gasteiger partial charge is 0.0587 e. The van der Waals surface area contributed by atoms with Crippen LogP contribution in [0.25, 0.3) is 0 Å². The molecule has 0 aromatic carbocycles. The third kappa shape index (κ3) is 5.52. The number of ether oxygens (including phenoxy) is 1. The Balaban J connectivity index is 1.86. The number of methoxy groups -OCH3 is 1. The van der Waals surface area contributed by atoms with Crippen LogP contribution in [0.1, 0.15) is 0 Å². The molecule has 1 aliphatic heterocycles. The summed E-state index contributed by atoms with van der Waals surface area (Å²) in [4.78, 5) is 2.52. The van der Waals surface area contributed by atoms with Crippen LogP contribution in [0.4, 0.5) is 0 Å². The fourth-order valence-electron chi connectivity index (χ4n) is 1.36. The van der Waals surface area contributed by atoms with Crippen LogP contribution in [0.5, 0.6) is 0 Å². The molecule has 0 aliphatic carbocycles. The highest BCUT2D eigenvalue weighted by Gasteiger charge is 2.08. The average Bonchev–Trinajstić information content (AvgIpc) is 2.19. The Morgan fingerprint density at radius 3 is 2.77 bits per heavy atom. The zero-order valence-electron chi connectivity index (χ0n) is 8.42. The van der Waals surface area contributed by atoms with Crippen LogP contribution < -0.4 is 5.32 Å². The van der Waals surface area contributed by atoms with E-state index in [2.05, 4.69) is 22.0 Å². The number of rotatable bonds is 6. The Morgan fingerprint density at radius 2 is 2.08 bits per heavy atom. The summed E-state index contributed by atoms with van der Waals surface area (Å²) in [6.07, 6.45) is 0. The molecule has 0 unspecified atom stereocenters. The molecule has 0 bridgehead atoms. The van der Waals surface area contributed by atoms with Crippen LogP contribution in [-0.4, -0.2) is 62.8 Å². The molecule has 78 valence electrons. The van der Waals surface area contributed by atoms with Crippen molar-refractivity contribution in [3.63, 3.8) is 0 Å². The van der Waals surface area contributed by atoms with Gasteiger partial charge in [-0.2, -0.15) is 11.8 Å². The first-order valence-electron chi connectivity index (χ1n) is 4.93.